The third-order valence-electron chi connectivity index (χ3n) is 3.34. The minimum absolute atomic E-state index is 0.130. The van der Waals surface area contributed by atoms with Crippen molar-refractivity contribution in [2.24, 2.45) is 5.92 Å². The van der Waals surface area contributed by atoms with E-state index in [0.717, 1.165) is 18.5 Å². The van der Waals surface area contributed by atoms with Gasteiger partial charge in [-0.05, 0) is 24.0 Å². The molecule has 1 atom stereocenters. The maximum Gasteiger partial charge on any atom is 0.315 e. The van der Waals surface area contributed by atoms with Gasteiger partial charge in [0.15, 0.2) is 0 Å². The molecule has 0 radical (unpaired) electrons. The van der Waals surface area contributed by atoms with Crippen molar-refractivity contribution < 1.29 is 4.79 Å². The van der Waals surface area contributed by atoms with Crippen molar-refractivity contribution in [1.29, 1.82) is 0 Å². The van der Waals surface area contributed by atoms with Crippen molar-refractivity contribution >= 4 is 17.6 Å². The van der Waals surface area contributed by atoms with Gasteiger partial charge in [0.05, 0.1) is 0 Å². The van der Waals surface area contributed by atoms with Gasteiger partial charge < -0.3 is 10.6 Å². The fourth-order valence-electron chi connectivity index (χ4n) is 1.94. The molecule has 2 amide bonds. The van der Waals surface area contributed by atoms with Crippen LogP contribution in [0.2, 0.25) is 5.15 Å². The maximum atomic E-state index is 11.7. The van der Waals surface area contributed by atoms with Gasteiger partial charge in [-0.2, -0.15) is 0 Å². The number of carbonyl (C=O) groups is 1. The van der Waals surface area contributed by atoms with Gasteiger partial charge >= 0.3 is 6.03 Å². The Morgan fingerprint density at radius 2 is 2.15 bits per heavy atom. The van der Waals surface area contributed by atoms with E-state index >= 15 is 0 Å². The summed E-state index contributed by atoms with van der Waals surface area (Å²) in [6.45, 7) is 5.55. The van der Waals surface area contributed by atoms with E-state index in [1.807, 2.05) is 6.07 Å². The Hall–Kier alpha value is -1.29. The molecule has 0 saturated carbocycles. The van der Waals surface area contributed by atoms with Gasteiger partial charge in [-0.15, -0.1) is 0 Å². The number of hydrogen-bond donors (Lipinski definition) is 2. The number of amides is 2. The van der Waals surface area contributed by atoms with Crippen molar-refractivity contribution in [3.63, 3.8) is 0 Å². The molecule has 5 heteroatoms. The van der Waals surface area contributed by atoms with Crippen LogP contribution in [0.1, 0.15) is 45.1 Å². The zero-order valence-corrected chi connectivity index (χ0v) is 13.0. The molecule has 0 aliphatic carbocycles. The highest BCUT2D eigenvalue weighted by atomic mass is 35.5. The van der Waals surface area contributed by atoms with Gasteiger partial charge in [0.1, 0.15) is 5.15 Å². The Bertz CT molecular complexity index is 395. The highest BCUT2D eigenvalue weighted by Gasteiger charge is 2.07. The highest BCUT2D eigenvalue weighted by molar-refractivity contribution is 6.29. The molecule has 0 aliphatic rings. The van der Waals surface area contributed by atoms with Gasteiger partial charge in [0, 0.05) is 19.3 Å². The van der Waals surface area contributed by atoms with E-state index in [2.05, 4.69) is 29.5 Å². The van der Waals surface area contributed by atoms with Crippen LogP contribution in [0.15, 0.2) is 18.3 Å². The van der Waals surface area contributed by atoms with Crippen molar-refractivity contribution in [1.82, 2.24) is 15.6 Å². The molecule has 0 aliphatic heterocycles. The average Bonchev–Trinajstić information content (AvgIpc) is 2.47. The zero-order chi connectivity index (χ0) is 14.8. The monoisotopic (exact) mass is 297 g/mol. The number of urea groups is 1. The number of nitrogens with one attached hydrogen (secondary N) is 2. The summed E-state index contributed by atoms with van der Waals surface area (Å²) < 4.78 is 0. The Morgan fingerprint density at radius 1 is 1.35 bits per heavy atom. The van der Waals surface area contributed by atoms with Crippen LogP contribution in [-0.2, 0) is 6.54 Å². The first-order valence-corrected chi connectivity index (χ1v) is 7.65. The molecule has 1 unspecified atom stereocenters. The molecule has 20 heavy (non-hydrogen) atoms. The maximum absolute atomic E-state index is 11.7. The van der Waals surface area contributed by atoms with Crippen LogP contribution in [0.5, 0.6) is 0 Å². The molecule has 4 nitrogen and oxygen atoms in total. The smallest absolute Gasteiger partial charge is 0.315 e. The summed E-state index contributed by atoms with van der Waals surface area (Å²) >= 11 is 5.71. The van der Waals surface area contributed by atoms with Crippen molar-refractivity contribution in [3.8, 4) is 0 Å². The van der Waals surface area contributed by atoms with E-state index in [1.165, 1.54) is 19.3 Å². The summed E-state index contributed by atoms with van der Waals surface area (Å²) in [6.07, 6.45) is 6.36. The lowest BCUT2D eigenvalue weighted by Crippen LogP contribution is -2.37. The number of hydrogen-bond acceptors (Lipinski definition) is 2. The van der Waals surface area contributed by atoms with Crippen molar-refractivity contribution in [2.45, 2.75) is 46.1 Å². The van der Waals surface area contributed by atoms with Crippen molar-refractivity contribution in [2.75, 3.05) is 6.54 Å². The molecule has 0 bridgehead atoms. The number of unbranched alkanes of at least 4 members (excludes halogenated alkanes) is 1. The van der Waals surface area contributed by atoms with Crippen LogP contribution >= 0.6 is 11.6 Å². The van der Waals surface area contributed by atoms with Crippen molar-refractivity contribution in [3.05, 3.63) is 29.0 Å². The number of pyridine rings is 1. The minimum Gasteiger partial charge on any atom is -0.338 e. The van der Waals surface area contributed by atoms with E-state index < -0.39 is 0 Å². The van der Waals surface area contributed by atoms with E-state index in [0.29, 0.717) is 17.6 Å². The molecule has 2 N–H and O–H groups in total. The van der Waals surface area contributed by atoms with E-state index in [-0.39, 0.29) is 6.03 Å². The molecule has 1 rings (SSSR count). The second kappa shape index (κ2) is 9.59. The number of carbonyl (C=O) groups excluding carboxylic acids is 1. The number of nitrogens with zero attached hydrogens (tertiary/aromatic N) is 1. The molecule has 0 aromatic carbocycles. The predicted molar refractivity (Wildman–Crippen MR) is 82.8 cm³/mol. The van der Waals surface area contributed by atoms with E-state index in [1.54, 1.807) is 12.3 Å². The first-order valence-electron chi connectivity index (χ1n) is 7.27. The lowest BCUT2D eigenvalue weighted by Gasteiger charge is -2.15. The van der Waals surface area contributed by atoms with Gasteiger partial charge in [-0.25, -0.2) is 9.78 Å². The highest BCUT2D eigenvalue weighted by Crippen LogP contribution is 2.11. The third-order valence-corrected chi connectivity index (χ3v) is 3.56. The molecule has 1 aromatic heterocycles. The summed E-state index contributed by atoms with van der Waals surface area (Å²) in [7, 11) is 0. The van der Waals surface area contributed by atoms with Crippen LogP contribution in [0, 0.1) is 5.92 Å². The molecule has 1 aromatic rings. The molecule has 112 valence electrons. The molecule has 0 spiro atoms. The normalized spacial score (nSPS) is 11.9. The molecular formula is C15H24ClN3O. The Labute approximate surface area is 126 Å². The predicted octanol–water partition coefficient (Wildman–Crippen LogP) is 3.75. The van der Waals surface area contributed by atoms with E-state index in [4.69, 9.17) is 11.6 Å². The largest absolute Gasteiger partial charge is 0.338 e. The van der Waals surface area contributed by atoms with Crippen LogP contribution in [-0.4, -0.2) is 17.6 Å². The summed E-state index contributed by atoms with van der Waals surface area (Å²) in [6, 6.07) is 3.44. The van der Waals surface area contributed by atoms with Crippen LogP contribution < -0.4 is 10.6 Å². The first kappa shape index (κ1) is 16.8. The van der Waals surface area contributed by atoms with Gasteiger partial charge in [0.2, 0.25) is 0 Å². The fourth-order valence-corrected chi connectivity index (χ4v) is 2.05. The lowest BCUT2D eigenvalue weighted by molar-refractivity contribution is 0.237. The molecule has 0 fully saturated rings. The van der Waals surface area contributed by atoms with Gasteiger partial charge in [-0.1, -0.05) is 50.8 Å². The lowest BCUT2D eigenvalue weighted by atomic mass is 9.99. The second-order valence-corrected chi connectivity index (χ2v) is 5.36. The third kappa shape index (κ3) is 6.75. The summed E-state index contributed by atoms with van der Waals surface area (Å²) in [5.74, 6) is 0.567. The van der Waals surface area contributed by atoms with E-state index in [9.17, 15) is 4.79 Å². The molecule has 0 saturated heterocycles. The molecular weight excluding hydrogens is 274 g/mol. The molecule has 1 heterocycles. The standard InChI is InChI=1S/C15H24ClN3O/c1-3-5-6-12(4-2)9-18-15(20)19-11-13-7-8-14(16)17-10-13/h7-8,10,12H,3-6,9,11H2,1-2H3,(H2,18,19,20). The van der Waals surface area contributed by atoms with Crippen LogP contribution in [0.25, 0.3) is 0 Å². The second-order valence-electron chi connectivity index (χ2n) is 4.97. The number of halogens is 1. The topological polar surface area (TPSA) is 54.0 Å². The Kier molecular flexibility index (Phi) is 8.04. The number of rotatable bonds is 8. The summed E-state index contributed by atoms with van der Waals surface area (Å²) in [4.78, 5) is 15.7. The zero-order valence-electron chi connectivity index (χ0n) is 12.3. The fraction of sp³-hybridized carbons (Fsp3) is 0.600. The summed E-state index contributed by atoms with van der Waals surface area (Å²) in [5, 5.41) is 6.21. The first-order chi connectivity index (χ1) is 9.65. The average molecular weight is 298 g/mol. The quantitative estimate of drug-likeness (QED) is 0.718. The van der Waals surface area contributed by atoms with Gasteiger partial charge in [0.25, 0.3) is 0 Å². The summed E-state index contributed by atoms with van der Waals surface area (Å²) in [5.41, 5.74) is 0.933. The van der Waals surface area contributed by atoms with Gasteiger partial charge in [-0.3, -0.25) is 0 Å². The Balaban J connectivity index is 2.24. The Morgan fingerprint density at radius 3 is 2.75 bits per heavy atom. The van der Waals surface area contributed by atoms with Crippen LogP contribution in [0.4, 0.5) is 4.79 Å². The van der Waals surface area contributed by atoms with Crippen LogP contribution in [0.3, 0.4) is 0 Å². The number of aromatic nitrogens is 1. The minimum atomic E-state index is -0.130. The SMILES string of the molecule is CCCCC(CC)CNC(=O)NCc1ccc(Cl)nc1.